The summed E-state index contributed by atoms with van der Waals surface area (Å²) < 4.78 is 0. The first kappa shape index (κ1) is 31.7. The van der Waals surface area contributed by atoms with Gasteiger partial charge < -0.3 is 16.0 Å². The third-order valence-electron chi connectivity index (χ3n) is 2.89. The normalized spacial score (nSPS) is 9.29. The molecule has 1 aromatic rings. The van der Waals surface area contributed by atoms with Gasteiger partial charge in [-0.25, -0.2) is 6.07 Å². The van der Waals surface area contributed by atoms with E-state index in [1.807, 2.05) is 0 Å². The van der Waals surface area contributed by atoms with Gasteiger partial charge in [-0.15, -0.1) is 0 Å². The van der Waals surface area contributed by atoms with E-state index in [9.17, 15) is 0 Å². The van der Waals surface area contributed by atoms with E-state index in [0.717, 1.165) is 0 Å². The Morgan fingerprint density at radius 2 is 1.04 bits per heavy atom. The Morgan fingerprint density at radius 1 is 0.708 bits per heavy atom. The Hall–Kier alpha value is -0.0557. The largest absolute Gasteiger partial charge is 4.00 e. The fourth-order valence-electron chi connectivity index (χ4n) is 1.90. The van der Waals surface area contributed by atoms with Gasteiger partial charge in [0.1, 0.15) is 0 Å². The zero-order valence-electron chi connectivity index (χ0n) is 18.2. The van der Waals surface area contributed by atoms with Gasteiger partial charge in [-0.05, 0) is 5.92 Å². The van der Waals surface area contributed by atoms with Gasteiger partial charge in [-0.3, -0.25) is 0 Å². The van der Waals surface area contributed by atoms with Crippen LogP contribution in [0.2, 0.25) is 0 Å². The quantitative estimate of drug-likeness (QED) is 0.423. The second-order valence-corrected chi connectivity index (χ2v) is 6.51. The van der Waals surface area contributed by atoms with Crippen molar-refractivity contribution in [2.45, 2.75) is 59.3 Å². The summed E-state index contributed by atoms with van der Waals surface area (Å²) in [6.45, 7) is 13.7. The predicted molar refractivity (Wildman–Crippen MR) is 110 cm³/mol. The molecule has 0 saturated carbocycles. The molecule has 0 bridgehead atoms. The maximum atomic E-state index is 3.50. The minimum atomic E-state index is 0. The van der Waals surface area contributed by atoms with Crippen LogP contribution in [0.3, 0.4) is 0 Å². The van der Waals surface area contributed by atoms with E-state index >= 15 is 0 Å². The molecule has 1 aromatic carbocycles. The van der Waals surface area contributed by atoms with E-state index in [1.54, 1.807) is 53.4 Å². The molecule has 0 aliphatic heterocycles. The van der Waals surface area contributed by atoms with Gasteiger partial charge in [0.15, 0.2) is 0 Å². The molecule has 3 nitrogen and oxygen atoms in total. The molecule has 0 heterocycles. The molecular weight excluding hydrogens is 330 g/mol. The monoisotopic (exact) mass is 371 g/mol. The number of hydrogen-bond donors (Lipinski definition) is 0. The minimum absolute atomic E-state index is 0. The van der Waals surface area contributed by atoms with Crippen LogP contribution in [0.25, 0.3) is 16.0 Å². The van der Waals surface area contributed by atoms with Gasteiger partial charge in [0.05, 0.1) is 0 Å². The van der Waals surface area contributed by atoms with E-state index in [2.05, 4.69) is 69.6 Å². The molecule has 140 valence electrons. The molecule has 0 unspecified atom stereocenters. The Kier molecular flexibility index (Phi) is 27.7. The Balaban J connectivity index is -0.000000169. The summed E-state index contributed by atoms with van der Waals surface area (Å²) in [4.78, 5) is 0. The summed E-state index contributed by atoms with van der Waals surface area (Å²) >= 11 is 0. The molecular formula is C20H41N3Ti. The van der Waals surface area contributed by atoms with Crippen LogP contribution in [0.1, 0.15) is 76.0 Å². The molecule has 0 radical (unpaired) electrons. The fourth-order valence-corrected chi connectivity index (χ4v) is 1.90. The van der Waals surface area contributed by atoms with Gasteiger partial charge in [0.2, 0.25) is 0 Å². The van der Waals surface area contributed by atoms with Gasteiger partial charge >= 0.3 is 21.7 Å². The van der Waals surface area contributed by atoms with Crippen molar-refractivity contribution in [3.8, 4) is 0 Å². The summed E-state index contributed by atoms with van der Waals surface area (Å²) in [5, 5.41) is 10.5. The molecule has 0 aliphatic carbocycles. The van der Waals surface area contributed by atoms with Crippen molar-refractivity contribution in [2.24, 2.45) is 0 Å². The Bertz CT molecular complexity index is 314. The zero-order chi connectivity index (χ0) is 19.0. The summed E-state index contributed by atoms with van der Waals surface area (Å²) in [6.07, 6.45) is 0. The van der Waals surface area contributed by atoms with Crippen LogP contribution < -0.4 is 0 Å². The van der Waals surface area contributed by atoms with E-state index in [0.29, 0.717) is 17.8 Å². The summed E-state index contributed by atoms with van der Waals surface area (Å²) in [5.41, 5.74) is 4.59. The molecule has 1 rings (SSSR count). The first-order valence-corrected chi connectivity index (χ1v) is 8.42. The molecule has 4 heteroatoms. The zero-order valence-corrected chi connectivity index (χ0v) is 19.8. The standard InChI is InChI=1S/C14H23.3C2H6N.Ti/c1-9(2)12-7-13(10(3)4)14(8-12)11(5)6;3*1-3-2;/h7-11H,1-6H3;3*1-2H3;/q4*-1;+4. The van der Waals surface area contributed by atoms with Crippen LogP contribution in [0.15, 0.2) is 12.1 Å². The Morgan fingerprint density at radius 3 is 1.21 bits per heavy atom. The van der Waals surface area contributed by atoms with Crippen LogP contribution in [-0.2, 0) is 21.7 Å². The van der Waals surface area contributed by atoms with Gasteiger partial charge in [-0.1, -0.05) is 53.4 Å². The van der Waals surface area contributed by atoms with E-state index in [4.69, 9.17) is 0 Å². The minimum Gasteiger partial charge on any atom is -0.668 e. The van der Waals surface area contributed by atoms with Crippen molar-refractivity contribution < 1.29 is 21.7 Å². The smallest absolute Gasteiger partial charge is 0.668 e. The summed E-state index contributed by atoms with van der Waals surface area (Å²) in [6, 6.07) is 4.79. The van der Waals surface area contributed by atoms with Crippen molar-refractivity contribution >= 4 is 0 Å². The van der Waals surface area contributed by atoms with E-state index in [-0.39, 0.29) is 21.7 Å². The van der Waals surface area contributed by atoms with Gasteiger partial charge in [0.25, 0.3) is 0 Å². The molecule has 0 atom stereocenters. The number of hydrogen-bond acceptors (Lipinski definition) is 0. The average molecular weight is 371 g/mol. The second-order valence-electron chi connectivity index (χ2n) is 6.51. The van der Waals surface area contributed by atoms with E-state index in [1.165, 1.54) is 5.56 Å². The molecule has 0 fully saturated rings. The third kappa shape index (κ3) is 16.8. The van der Waals surface area contributed by atoms with E-state index < -0.39 is 0 Å². The summed E-state index contributed by atoms with van der Waals surface area (Å²) in [5.74, 6) is 1.96. The first-order chi connectivity index (χ1) is 10.7. The number of nitrogens with zero attached hydrogens (tertiary/aromatic N) is 3. The van der Waals surface area contributed by atoms with Crippen molar-refractivity contribution in [2.75, 3.05) is 42.3 Å². The fraction of sp³-hybridized carbons (Fsp3) is 0.750. The molecule has 24 heavy (non-hydrogen) atoms. The number of rotatable bonds is 3. The molecule has 0 spiro atoms. The van der Waals surface area contributed by atoms with Crippen LogP contribution in [0.4, 0.5) is 0 Å². The maximum absolute atomic E-state index is 3.50. The van der Waals surface area contributed by atoms with Crippen LogP contribution in [0, 0.1) is 0 Å². The van der Waals surface area contributed by atoms with Crippen molar-refractivity contribution in [1.82, 2.24) is 0 Å². The molecule has 0 saturated heterocycles. The van der Waals surface area contributed by atoms with Crippen LogP contribution in [0.5, 0.6) is 0 Å². The summed E-state index contributed by atoms with van der Waals surface area (Å²) in [7, 11) is 10.5. The second kappa shape index (κ2) is 21.0. The maximum Gasteiger partial charge on any atom is 4.00 e. The average Bonchev–Trinajstić information content (AvgIpc) is 2.87. The molecule has 0 aliphatic rings. The molecule has 0 N–H and O–H groups in total. The molecule has 0 amide bonds. The van der Waals surface area contributed by atoms with Gasteiger partial charge in [0, 0.05) is 0 Å². The predicted octanol–water partition coefficient (Wildman–Crippen LogP) is 6.63. The van der Waals surface area contributed by atoms with Crippen molar-refractivity contribution in [1.29, 1.82) is 0 Å². The third-order valence-corrected chi connectivity index (χ3v) is 2.89. The van der Waals surface area contributed by atoms with Gasteiger partial charge in [-0.2, -0.15) is 65.0 Å². The SMILES string of the molecule is CC(C)c1cc(C(C)C)[c-](C(C)C)c1.C[N-]C.C[N-]C.C[N-]C.[Ti+4]. The molecule has 0 aromatic heterocycles. The first-order valence-electron chi connectivity index (χ1n) is 8.42. The topological polar surface area (TPSA) is 42.3 Å². The van der Waals surface area contributed by atoms with Crippen molar-refractivity contribution in [3.63, 3.8) is 0 Å². The van der Waals surface area contributed by atoms with Crippen molar-refractivity contribution in [3.05, 3.63) is 44.8 Å². The van der Waals surface area contributed by atoms with Crippen LogP contribution in [-0.4, -0.2) is 42.3 Å². The Labute approximate surface area is 168 Å². The van der Waals surface area contributed by atoms with Crippen LogP contribution >= 0.6 is 0 Å².